The van der Waals surface area contributed by atoms with Crippen molar-refractivity contribution in [3.8, 4) is 0 Å². The molecule has 1 saturated carbocycles. The number of rotatable bonds is 4. The van der Waals surface area contributed by atoms with E-state index in [1.54, 1.807) is 4.52 Å². The quantitative estimate of drug-likeness (QED) is 0.907. The maximum atomic E-state index is 12.3. The van der Waals surface area contributed by atoms with Crippen molar-refractivity contribution < 1.29 is 4.79 Å². The Kier molecular flexibility index (Phi) is 3.96. The summed E-state index contributed by atoms with van der Waals surface area (Å²) in [5.74, 6) is 1.10. The molecule has 128 valence electrons. The first-order chi connectivity index (χ1) is 11.6. The van der Waals surface area contributed by atoms with E-state index in [-0.39, 0.29) is 18.4 Å². The van der Waals surface area contributed by atoms with E-state index in [0.29, 0.717) is 11.6 Å². The molecule has 2 aromatic rings. The van der Waals surface area contributed by atoms with Crippen LogP contribution in [0.3, 0.4) is 0 Å². The second kappa shape index (κ2) is 6.12. The monoisotopic (exact) mass is 328 g/mol. The molecule has 0 spiro atoms. The highest BCUT2D eigenvalue weighted by Gasteiger charge is 2.32. The molecular formula is C17H24N6O. The van der Waals surface area contributed by atoms with Crippen LogP contribution in [-0.2, 0) is 11.2 Å². The van der Waals surface area contributed by atoms with Crippen LogP contribution in [0.25, 0.3) is 5.78 Å². The van der Waals surface area contributed by atoms with E-state index < -0.39 is 0 Å². The summed E-state index contributed by atoms with van der Waals surface area (Å²) >= 11 is 0. The van der Waals surface area contributed by atoms with E-state index in [1.807, 2.05) is 19.9 Å². The van der Waals surface area contributed by atoms with Crippen LogP contribution in [0.15, 0.2) is 6.07 Å². The van der Waals surface area contributed by atoms with Crippen molar-refractivity contribution in [2.45, 2.75) is 58.0 Å². The van der Waals surface area contributed by atoms with E-state index in [4.69, 9.17) is 0 Å². The standard InChI is InChI=1S/C17H24N6O/c1-11-9-12(2)23-17(18-11)20-15(21-23)10-16(24)19-13-5-7-22(8-6-13)14-3-4-14/h9,13-14H,3-8,10H2,1-2H3,(H,19,24). The van der Waals surface area contributed by atoms with Gasteiger partial charge in [0.2, 0.25) is 5.91 Å². The van der Waals surface area contributed by atoms with Crippen LogP contribution in [0.2, 0.25) is 0 Å². The minimum absolute atomic E-state index is 0.00477. The minimum atomic E-state index is 0.00477. The molecule has 0 bridgehead atoms. The summed E-state index contributed by atoms with van der Waals surface area (Å²) in [5.41, 5.74) is 1.88. The van der Waals surface area contributed by atoms with Crippen molar-refractivity contribution in [1.82, 2.24) is 29.8 Å². The van der Waals surface area contributed by atoms with Gasteiger partial charge in [-0.3, -0.25) is 4.79 Å². The average molecular weight is 328 g/mol. The lowest BCUT2D eigenvalue weighted by molar-refractivity contribution is -0.121. The molecule has 3 heterocycles. The molecule has 1 amide bonds. The van der Waals surface area contributed by atoms with Crippen LogP contribution in [0.1, 0.15) is 42.9 Å². The number of aryl methyl sites for hydroxylation is 2. The second-order valence-electron chi connectivity index (χ2n) is 7.06. The van der Waals surface area contributed by atoms with Gasteiger partial charge in [-0.1, -0.05) is 0 Å². The Morgan fingerprint density at radius 3 is 2.67 bits per heavy atom. The highest BCUT2D eigenvalue weighted by atomic mass is 16.1. The Balaban J connectivity index is 1.35. The number of fused-ring (bicyclic) bond motifs is 1. The van der Waals surface area contributed by atoms with Crippen LogP contribution >= 0.6 is 0 Å². The van der Waals surface area contributed by atoms with E-state index in [1.165, 1.54) is 12.8 Å². The number of piperidine rings is 1. The topological polar surface area (TPSA) is 75.4 Å². The third-order valence-corrected chi connectivity index (χ3v) is 4.94. The molecule has 24 heavy (non-hydrogen) atoms. The van der Waals surface area contributed by atoms with Crippen LogP contribution < -0.4 is 5.32 Å². The Bertz CT molecular complexity index is 758. The van der Waals surface area contributed by atoms with Gasteiger partial charge in [0, 0.05) is 36.6 Å². The third kappa shape index (κ3) is 3.26. The molecule has 0 aromatic carbocycles. The molecule has 1 N–H and O–H groups in total. The fourth-order valence-electron chi connectivity index (χ4n) is 3.55. The van der Waals surface area contributed by atoms with Gasteiger partial charge in [0.05, 0.1) is 6.42 Å². The van der Waals surface area contributed by atoms with Crippen LogP contribution in [-0.4, -0.2) is 55.6 Å². The largest absolute Gasteiger partial charge is 0.353 e. The van der Waals surface area contributed by atoms with E-state index in [2.05, 4.69) is 25.3 Å². The highest BCUT2D eigenvalue weighted by molar-refractivity contribution is 5.78. The molecule has 0 unspecified atom stereocenters. The number of likely N-dealkylation sites (tertiary alicyclic amines) is 1. The van der Waals surface area contributed by atoms with Gasteiger partial charge in [0.25, 0.3) is 5.78 Å². The molecule has 1 aliphatic heterocycles. The molecule has 1 aliphatic carbocycles. The van der Waals surface area contributed by atoms with Crippen molar-refractivity contribution in [3.05, 3.63) is 23.3 Å². The predicted octanol–water partition coefficient (Wildman–Crippen LogP) is 1.03. The summed E-state index contributed by atoms with van der Waals surface area (Å²) in [6.45, 7) is 6.10. The summed E-state index contributed by atoms with van der Waals surface area (Å²) in [5, 5.41) is 7.55. The number of nitrogens with one attached hydrogen (secondary N) is 1. The van der Waals surface area contributed by atoms with Gasteiger partial charge in [-0.25, -0.2) is 9.50 Å². The number of aromatic nitrogens is 4. The molecule has 7 heteroatoms. The van der Waals surface area contributed by atoms with Crippen LogP contribution in [0.4, 0.5) is 0 Å². The molecule has 4 rings (SSSR count). The summed E-state index contributed by atoms with van der Waals surface area (Å²) < 4.78 is 1.70. The van der Waals surface area contributed by atoms with Crippen LogP contribution in [0.5, 0.6) is 0 Å². The van der Waals surface area contributed by atoms with Crippen molar-refractivity contribution in [3.63, 3.8) is 0 Å². The Morgan fingerprint density at radius 2 is 1.96 bits per heavy atom. The second-order valence-corrected chi connectivity index (χ2v) is 7.06. The lowest BCUT2D eigenvalue weighted by Crippen LogP contribution is -2.45. The van der Waals surface area contributed by atoms with E-state index >= 15 is 0 Å². The molecule has 2 fully saturated rings. The first kappa shape index (κ1) is 15.5. The van der Waals surface area contributed by atoms with E-state index in [0.717, 1.165) is 43.4 Å². The molecular weight excluding hydrogens is 304 g/mol. The highest BCUT2D eigenvalue weighted by Crippen LogP contribution is 2.29. The lowest BCUT2D eigenvalue weighted by Gasteiger charge is -2.32. The van der Waals surface area contributed by atoms with Crippen molar-refractivity contribution in [2.24, 2.45) is 0 Å². The zero-order chi connectivity index (χ0) is 16.7. The van der Waals surface area contributed by atoms with Gasteiger partial charge in [-0.2, -0.15) is 4.98 Å². The number of hydrogen-bond acceptors (Lipinski definition) is 5. The maximum Gasteiger partial charge on any atom is 0.252 e. The molecule has 1 saturated heterocycles. The smallest absolute Gasteiger partial charge is 0.252 e. The summed E-state index contributed by atoms with van der Waals surface area (Å²) in [6, 6.07) is 3.06. The fourth-order valence-corrected chi connectivity index (χ4v) is 3.55. The van der Waals surface area contributed by atoms with Crippen molar-refractivity contribution in [1.29, 1.82) is 0 Å². The van der Waals surface area contributed by atoms with Crippen molar-refractivity contribution >= 4 is 11.7 Å². The summed E-state index contributed by atoms with van der Waals surface area (Å²) in [4.78, 5) is 23.6. The number of carbonyl (C=O) groups is 1. The average Bonchev–Trinajstić information content (AvgIpc) is 3.29. The summed E-state index contributed by atoms with van der Waals surface area (Å²) in [7, 11) is 0. The number of nitrogens with zero attached hydrogens (tertiary/aromatic N) is 5. The number of hydrogen-bond donors (Lipinski definition) is 1. The maximum absolute atomic E-state index is 12.3. The Morgan fingerprint density at radius 1 is 1.21 bits per heavy atom. The fraction of sp³-hybridized carbons (Fsp3) is 0.647. The van der Waals surface area contributed by atoms with Crippen molar-refractivity contribution in [2.75, 3.05) is 13.1 Å². The first-order valence-corrected chi connectivity index (χ1v) is 8.82. The van der Waals surface area contributed by atoms with E-state index in [9.17, 15) is 4.79 Å². The van der Waals surface area contributed by atoms with Crippen LogP contribution in [0, 0.1) is 13.8 Å². The Hall–Kier alpha value is -2.02. The van der Waals surface area contributed by atoms with Gasteiger partial charge in [-0.05, 0) is 45.6 Å². The molecule has 2 aromatic heterocycles. The third-order valence-electron chi connectivity index (χ3n) is 4.94. The molecule has 2 aliphatic rings. The van der Waals surface area contributed by atoms with Gasteiger partial charge >= 0.3 is 0 Å². The minimum Gasteiger partial charge on any atom is -0.353 e. The zero-order valence-corrected chi connectivity index (χ0v) is 14.3. The number of amides is 1. The number of carbonyl (C=O) groups excluding carboxylic acids is 1. The molecule has 0 atom stereocenters. The van der Waals surface area contributed by atoms with Gasteiger partial charge in [0.1, 0.15) is 0 Å². The Labute approximate surface area is 141 Å². The zero-order valence-electron chi connectivity index (χ0n) is 14.3. The predicted molar refractivity (Wildman–Crippen MR) is 89.7 cm³/mol. The molecule has 7 nitrogen and oxygen atoms in total. The van der Waals surface area contributed by atoms with Gasteiger partial charge in [0.15, 0.2) is 5.82 Å². The first-order valence-electron chi connectivity index (χ1n) is 8.82. The summed E-state index contributed by atoms with van der Waals surface area (Å²) in [6.07, 6.45) is 5.00. The normalized spacial score (nSPS) is 19.8. The van der Waals surface area contributed by atoms with Gasteiger partial charge in [-0.15, -0.1) is 5.10 Å². The lowest BCUT2D eigenvalue weighted by atomic mass is 10.0. The molecule has 0 radical (unpaired) electrons. The van der Waals surface area contributed by atoms with Gasteiger partial charge < -0.3 is 10.2 Å². The SMILES string of the molecule is Cc1cc(C)n2nc(CC(=O)NC3CCN(C4CC4)CC3)nc2n1.